The maximum atomic E-state index is 12.7. The minimum Gasteiger partial charge on any atom is -0.326 e. The first-order valence-electron chi connectivity index (χ1n) is 10.5. The second kappa shape index (κ2) is 9.06. The Bertz CT molecular complexity index is 1190. The summed E-state index contributed by atoms with van der Waals surface area (Å²) in [6.45, 7) is 4.19. The standard InChI is InChI=1S/C26H25N3O3/c1-17-6-3-9-21(12-17)27-25(31)19-8-5-11-23(14-19)29-16-20(15-24(29)30)26(32)28-22-10-4-7-18(2)13-22/h3-14,20H,15-16H2,1-2H3,(H,27,31)(H,28,32)/t20-/m1/s1. The molecule has 0 unspecified atom stereocenters. The summed E-state index contributed by atoms with van der Waals surface area (Å²) in [6, 6.07) is 22.0. The second-order valence-corrected chi connectivity index (χ2v) is 8.14. The van der Waals surface area contributed by atoms with E-state index in [1.807, 2.05) is 62.4 Å². The highest BCUT2D eigenvalue weighted by Crippen LogP contribution is 2.27. The Balaban J connectivity index is 1.45. The average molecular weight is 428 g/mol. The van der Waals surface area contributed by atoms with Gasteiger partial charge in [0.2, 0.25) is 11.8 Å². The van der Waals surface area contributed by atoms with E-state index in [1.54, 1.807) is 29.2 Å². The molecular formula is C26H25N3O3. The molecule has 1 atom stereocenters. The van der Waals surface area contributed by atoms with Gasteiger partial charge in [0, 0.05) is 35.6 Å². The zero-order valence-corrected chi connectivity index (χ0v) is 18.1. The number of hydrogen-bond acceptors (Lipinski definition) is 3. The average Bonchev–Trinajstić information content (AvgIpc) is 3.16. The predicted molar refractivity (Wildman–Crippen MR) is 126 cm³/mol. The molecule has 0 radical (unpaired) electrons. The third-order valence-electron chi connectivity index (χ3n) is 5.48. The molecule has 1 aliphatic rings. The highest BCUT2D eigenvalue weighted by Gasteiger charge is 2.35. The monoisotopic (exact) mass is 427 g/mol. The molecule has 162 valence electrons. The van der Waals surface area contributed by atoms with E-state index in [1.165, 1.54) is 0 Å². The molecule has 1 fully saturated rings. The molecule has 3 aromatic carbocycles. The summed E-state index contributed by atoms with van der Waals surface area (Å²) in [5.74, 6) is -1.02. The van der Waals surface area contributed by atoms with Crippen LogP contribution in [0.2, 0.25) is 0 Å². The summed E-state index contributed by atoms with van der Waals surface area (Å²) in [6.07, 6.45) is 0.136. The van der Waals surface area contributed by atoms with Crippen molar-refractivity contribution in [1.29, 1.82) is 0 Å². The first kappa shape index (κ1) is 21.3. The van der Waals surface area contributed by atoms with Crippen LogP contribution in [0.1, 0.15) is 27.9 Å². The van der Waals surface area contributed by atoms with Gasteiger partial charge in [-0.1, -0.05) is 30.3 Å². The van der Waals surface area contributed by atoms with Crippen molar-refractivity contribution in [3.05, 3.63) is 89.5 Å². The Morgan fingerprint density at radius 2 is 1.47 bits per heavy atom. The molecule has 6 heteroatoms. The molecule has 4 rings (SSSR count). The lowest BCUT2D eigenvalue weighted by molar-refractivity contribution is -0.122. The Hall–Kier alpha value is -3.93. The molecule has 1 aliphatic heterocycles. The fourth-order valence-electron chi connectivity index (χ4n) is 3.84. The van der Waals surface area contributed by atoms with Crippen molar-refractivity contribution in [2.24, 2.45) is 5.92 Å². The normalized spacial score (nSPS) is 15.5. The van der Waals surface area contributed by atoms with Crippen molar-refractivity contribution in [3.63, 3.8) is 0 Å². The SMILES string of the molecule is Cc1cccc(NC(=O)c2cccc(N3C[C@H](C(=O)Nc4cccc(C)c4)CC3=O)c2)c1. The lowest BCUT2D eigenvalue weighted by Gasteiger charge is -2.18. The molecule has 0 saturated carbocycles. The highest BCUT2D eigenvalue weighted by molar-refractivity contribution is 6.07. The summed E-state index contributed by atoms with van der Waals surface area (Å²) < 4.78 is 0. The quantitative estimate of drug-likeness (QED) is 0.627. The molecule has 3 aromatic rings. The molecule has 0 bridgehead atoms. The number of carbonyl (C=O) groups excluding carboxylic acids is 3. The number of hydrogen-bond donors (Lipinski definition) is 2. The molecule has 6 nitrogen and oxygen atoms in total. The molecule has 0 aliphatic carbocycles. The van der Waals surface area contributed by atoms with Gasteiger partial charge in [0.1, 0.15) is 0 Å². The molecule has 1 heterocycles. The topological polar surface area (TPSA) is 78.5 Å². The van der Waals surface area contributed by atoms with Crippen LogP contribution in [0.15, 0.2) is 72.8 Å². The van der Waals surface area contributed by atoms with E-state index in [4.69, 9.17) is 0 Å². The molecule has 3 amide bonds. The Morgan fingerprint density at radius 1 is 0.844 bits per heavy atom. The summed E-state index contributed by atoms with van der Waals surface area (Å²) in [5.41, 5.74) is 4.59. The van der Waals surface area contributed by atoms with Gasteiger partial charge in [-0.05, 0) is 67.4 Å². The third-order valence-corrected chi connectivity index (χ3v) is 5.48. The van der Waals surface area contributed by atoms with Gasteiger partial charge in [0.15, 0.2) is 0 Å². The van der Waals surface area contributed by atoms with Crippen molar-refractivity contribution < 1.29 is 14.4 Å². The minimum atomic E-state index is -0.451. The van der Waals surface area contributed by atoms with Crippen LogP contribution in [0.4, 0.5) is 17.1 Å². The minimum absolute atomic E-state index is 0.134. The largest absolute Gasteiger partial charge is 0.326 e. The zero-order valence-electron chi connectivity index (χ0n) is 18.1. The maximum absolute atomic E-state index is 12.7. The molecule has 0 spiro atoms. The van der Waals surface area contributed by atoms with E-state index in [-0.39, 0.29) is 30.7 Å². The van der Waals surface area contributed by atoms with Crippen LogP contribution in [0.5, 0.6) is 0 Å². The molecular weight excluding hydrogens is 402 g/mol. The second-order valence-electron chi connectivity index (χ2n) is 8.14. The van der Waals surface area contributed by atoms with E-state index in [0.717, 1.165) is 16.8 Å². The van der Waals surface area contributed by atoms with Crippen LogP contribution >= 0.6 is 0 Å². The first-order chi connectivity index (χ1) is 15.4. The van der Waals surface area contributed by atoms with E-state index >= 15 is 0 Å². The highest BCUT2D eigenvalue weighted by atomic mass is 16.2. The van der Waals surface area contributed by atoms with E-state index < -0.39 is 5.92 Å². The number of anilines is 3. The van der Waals surface area contributed by atoms with Crippen LogP contribution in [-0.2, 0) is 9.59 Å². The third kappa shape index (κ3) is 4.86. The Labute approximate surface area is 187 Å². The number of nitrogens with one attached hydrogen (secondary N) is 2. The van der Waals surface area contributed by atoms with Crippen molar-refractivity contribution in [2.45, 2.75) is 20.3 Å². The van der Waals surface area contributed by atoms with Gasteiger partial charge >= 0.3 is 0 Å². The van der Waals surface area contributed by atoms with Crippen LogP contribution in [0.25, 0.3) is 0 Å². The van der Waals surface area contributed by atoms with Gasteiger partial charge in [-0.3, -0.25) is 14.4 Å². The molecule has 1 saturated heterocycles. The van der Waals surface area contributed by atoms with Crippen molar-refractivity contribution in [2.75, 3.05) is 22.1 Å². The lowest BCUT2D eigenvalue weighted by atomic mass is 10.1. The number of rotatable bonds is 5. The fourth-order valence-corrected chi connectivity index (χ4v) is 3.84. The van der Waals surface area contributed by atoms with Crippen molar-refractivity contribution in [3.8, 4) is 0 Å². The number of aryl methyl sites for hydroxylation is 2. The van der Waals surface area contributed by atoms with Crippen molar-refractivity contribution >= 4 is 34.8 Å². The van der Waals surface area contributed by atoms with Crippen LogP contribution in [0.3, 0.4) is 0 Å². The lowest BCUT2D eigenvalue weighted by Crippen LogP contribution is -2.28. The number of amides is 3. The van der Waals surface area contributed by atoms with Gasteiger partial charge in [-0.15, -0.1) is 0 Å². The number of nitrogens with zero attached hydrogens (tertiary/aromatic N) is 1. The van der Waals surface area contributed by atoms with E-state index in [2.05, 4.69) is 10.6 Å². The smallest absolute Gasteiger partial charge is 0.255 e. The molecule has 2 N–H and O–H groups in total. The van der Waals surface area contributed by atoms with E-state index in [9.17, 15) is 14.4 Å². The Kier molecular flexibility index (Phi) is 6.03. The van der Waals surface area contributed by atoms with Crippen molar-refractivity contribution in [1.82, 2.24) is 0 Å². The number of benzene rings is 3. The van der Waals surface area contributed by atoms with Gasteiger partial charge in [0.05, 0.1) is 5.92 Å². The molecule has 0 aromatic heterocycles. The van der Waals surface area contributed by atoms with E-state index in [0.29, 0.717) is 16.9 Å². The van der Waals surface area contributed by atoms with Crippen LogP contribution in [-0.4, -0.2) is 24.3 Å². The summed E-state index contributed by atoms with van der Waals surface area (Å²) in [4.78, 5) is 39.6. The summed E-state index contributed by atoms with van der Waals surface area (Å²) >= 11 is 0. The summed E-state index contributed by atoms with van der Waals surface area (Å²) in [5, 5.41) is 5.78. The van der Waals surface area contributed by atoms with Gasteiger partial charge in [-0.25, -0.2) is 0 Å². The fraction of sp³-hybridized carbons (Fsp3) is 0.192. The predicted octanol–water partition coefficient (Wildman–Crippen LogP) is 4.55. The Morgan fingerprint density at radius 3 is 2.12 bits per heavy atom. The summed E-state index contributed by atoms with van der Waals surface area (Å²) in [7, 11) is 0. The van der Waals surface area contributed by atoms with Gasteiger partial charge in [0.25, 0.3) is 5.91 Å². The maximum Gasteiger partial charge on any atom is 0.255 e. The van der Waals surface area contributed by atoms with Crippen LogP contribution in [0, 0.1) is 19.8 Å². The van der Waals surface area contributed by atoms with Gasteiger partial charge < -0.3 is 15.5 Å². The number of carbonyl (C=O) groups is 3. The van der Waals surface area contributed by atoms with Gasteiger partial charge in [-0.2, -0.15) is 0 Å². The van der Waals surface area contributed by atoms with Crippen LogP contribution < -0.4 is 15.5 Å². The zero-order chi connectivity index (χ0) is 22.7. The molecule has 32 heavy (non-hydrogen) atoms. The first-order valence-corrected chi connectivity index (χ1v) is 10.5.